The minimum Gasteiger partial charge on any atom is -0.490 e. The molecule has 2 atom stereocenters. The highest BCUT2D eigenvalue weighted by Gasteiger charge is 2.56. The highest BCUT2D eigenvalue weighted by molar-refractivity contribution is 6.32. The molecule has 0 radical (unpaired) electrons. The second-order valence-corrected chi connectivity index (χ2v) is 10.4. The van der Waals surface area contributed by atoms with Gasteiger partial charge in [0.15, 0.2) is 11.5 Å². The molecule has 6 heteroatoms. The standard InChI is InChI=1S/C26H31ClFNO3/c1-2-31-23-9-17(8-21(27)24(23)32-15-20-5-3-4-6-22(20)28)14-29-25-10-18-7-19(11-25)13-26(30,12-18)16-25/h3-6,8-9,18-19,29-30H,2,7,10-16H2,1H3. The van der Waals surface area contributed by atoms with Gasteiger partial charge in [0.2, 0.25) is 0 Å². The Morgan fingerprint density at radius 1 is 1.12 bits per heavy atom. The van der Waals surface area contributed by atoms with E-state index in [9.17, 15) is 9.50 Å². The highest BCUT2D eigenvalue weighted by atomic mass is 35.5. The summed E-state index contributed by atoms with van der Waals surface area (Å²) in [6.07, 6.45) is 6.30. The second kappa shape index (κ2) is 8.51. The third kappa shape index (κ3) is 4.35. The zero-order chi connectivity index (χ0) is 22.3. The monoisotopic (exact) mass is 459 g/mol. The van der Waals surface area contributed by atoms with Gasteiger partial charge in [-0.15, -0.1) is 0 Å². The van der Waals surface area contributed by atoms with E-state index in [4.69, 9.17) is 21.1 Å². The number of aliphatic hydroxyl groups is 1. The Morgan fingerprint density at radius 3 is 2.56 bits per heavy atom. The van der Waals surface area contributed by atoms with Gasteiger partial charge in [-0.1, -0.05) is 29.8 Å². The Balaban J connectivity index is 1.31. The third-order valence-corrected chi connectivity index (χ3v) is 7.68. The van der Waals surface area contributed by atoms with Gasteiger partial charge in [-0.05, 0) is 81.0 Å². The first-order chi connectivity index (χ1) is 15.4. The van der Waals surface area contributed by atoms with Gasteiger partial charge in [0.1, 0.15) is 12.4 Å². The van der Waals surface area contributed by atoms with E-state index in [1.807, 2.05) is 19.1 Å². The van der Waals surface area contributed by atoms with Crippen LogP contribution in [0.4, 0.5) is 4.39 Å². The maximum Gasteiger partial charge on any atom is 0.180 e. The molecule has 4 aliphatic carbocycles. The molecule has 6 rings (SSSR count). The van der Waals surface area contributed by atoms with Crippen molar-refractivity contribution in [3.05, 3.63) is 58.4 Å². The van der Waals surface area contributed by atoms with Crippen LogP contribution in [0.15, 0.2) is 36.4 Å². The molecule has 4 fully saturated rings. The fourth-order valence-corrected chi connectivity index (χ4v) is 6.89. The summed E-state index contributed by atoms with van der Waals surface area (Å²) in [5.41, 5.74) is 1.00. The molecule has 2 aromatic rings. The fraction of sp³-hybridized carbons (Fsp3) is 0.538. The molecule has 0 heterocycles. The Bertz CT molecular complexity index is 983. The summed E-state index contributed by atoms with van der Waals surface area (Å²) in [6, 6.07) is 10.4. The van der Waals surface area contributed by atoms with Crippen LogP contribution in [0.1, 0.15) is 56.6 Å². The van der Waals surface area contributed by atoms with Crippen LogP contribution in [-0.2, 0) is 13.2 Å². The van der Waals surface area contributed by atoms with Gasteiger partial charge in [0.25, 0.3) is 0 Å². The zero-order valence-corrected chi connectivity index (χ0v) is 19.3. The lowest BCUT2D eigenvalue weighted by atomic mass is 9.51. The molecule has 0 spiro atoms. The smallest absolute Gasteiger partial charge is 0.180 e. The molecule has 2 unspecified atom stereocenters. The molecule has 172 valence electrons. The van der Waals surface area contributed by atoms with Gasteiger partial charge in [0.05, 0.1) is 17.2 Å². The molecule has 4 bridgehead atoms. The van der Waals surface area contributed by atoms with E-state index in [2.05, 4.69) is 5.32 Å². The summed E-state index contributed by atoms with van der Waals surface area (Å²) in [6.45, 7) is 3.12. The highest BCUT2D eigenvalue weighted by Crippen LogP contribution is 2.57. The van der Waals surface area contributed by atoms with Crippen molar-refractivity contribution in [1.82, 2.24) is 5.32 Å². The van der Waals surface area contributed by atoms with Crippen molar-refractivity contribution in [3.8, 4) is 11.5 Å². The molecule has 4 aliphatic rings. The van der Waals surface area contributed by atoms with Crippen LogP contribution in [0.2, 0.25) is 5.02 Å². The predicted molar refractivity (Wildman–Crippen MR) is 123 cm³/mol. The van der Waals surface area contributed by atoms with Gasteiger partial charge in [-0.3, -0.25) is 0 Å². The van der Waals surface area contributed by atoms with Crippen molar-refractivity contribution in [1.29, 1.82) is 0 Å². The van der Waals surface area contributed by atoms with E-state index >= 15 is 0 Å². The van der Waals surface area contributed by atoms with Crippen LogP contribution >= 0.6 is 11.6 Å². The van der Waals surface area contributed by atoms with Gasteiger partial charge in [-0.25, -0.2) is 4.39 Å². The first-order valence-electron chi connectivity index (χ1n) is 11.7. The Labute approximate surface area is 194 Å². The van der Waals surface area contributed by atoms with Gasteiger partial charge in [0, 0.05) is 17.6 Å². The van der Waals surface area contributed by atoms with E-state index < -0.39 is 5.60 Å². The summed E-state index contributed by atoms with van der Waals surface area (Å²) in [7, 11) is 0. The Hall–Kier alpha value is -1.82. The van der Waals surface area contributed by atoms with Crippen LogP contribution < -0.4 is 14.8 Å². The summed E-state index contributed by atoms with van der Waals surface area (Å²) in [5, 5.41) is 15.2. The van der Waals surface area contributed by atoms with E-state index in [1.165, 1.54) is 12.5 Å². The lowest BCUT2D eigenvalue weighted by molar-refractivity contribution is -0.142. The van der Waals surface area contributed by atoms with Crippen molar-refractivity contribution in [3.63, 3.8) is 0 Å². The molecule has 2 N–H and O–H groups in total. The molecule has 32 heavy (non-hydrogen) atoms. The van der Waals surface area contributed by atoms with Gasteiger partial charge >= 0.3 is 0 Å². The van der Waals surface area contributed by atoms with Crippen molar-refractivity contribution in [2.24, 2.45) is 11.8 Å². The number of ether oxygens (including phenoxy) is 2. The SMILES string of the molecule is CCOc1cc(CNC23CC4CC(CC(O)(C4)C2)C3)cc(Cl)c1OCc1ccccc1F. The van der Waals surface area contributed by atoms with Gasteiger partial charge < -0.3 is 19.9 Å². The maximum atomic E-state index is 14.0. The number of rotatable bonds is 8. The number of nitrogens with one attached hydrogen (secondary N) is 1. The molecule has 4 saturated carbocycles. The molecule has 0 saturated heterocycles. The topological polar surface area (TPSA) is 50.7 Å². The first kappa shape index (κ1) is 22.0. The average molecular weight is 460 g/mol. The van der Waals surface area contributed by atoms with Crippen LogP contribution in [0.3, 0.4) is 0 Å². The molecule has 0 aromatic heterocycles. The Morgan fingerprint density at radius 2 is 1.88 bits per heavy atom. The van der Waals surface area contributed by atoms with Crippen molar-refractivity contribution >= 4 is 11.6 Å². The average Bonchev–Trinajstić information content (AvgIpc) is 2.71. The molecule has 2 aromatic carbocycles. The summed E-state index contributed by atoms with van der Waals surface area (Å²) >= 11 is 6.59. The van der Waals surface area contributed by atoms with Crippen LogP contribution in [-0.4, -0.2) is 22.9 Å². The minimum absolute atomic E-state index is 0.0110. The van der Waals surface area contributed by atoms with E-state index in [0.29, 0.717) is 47.1 Å². The first-order valence-corrected chi connectivity index (χ1v) is 12.0. The van der Waals surface area contributed by atoms with Crippen LogP contribution in [0.5, 0.6) is 11.5 Å². The molecule has 0 aliphatic heterocycles. The molecular weight excluding hydrogens is 429 g/mol. The number of halogens is 2. The van der Waals surface area contributed by atoms with E-state index in [0.717, 1.165) is 37.7 Å². The summed E-state index contributed by atoms with van der Waals surface area (Å²) in [5.74, 6) is 1.96. The quantitative estimate of drug-likeness (QED) is 0.537. The van der Waals surface area contributed by atoms with Crippen molar-refractivity contribution < 1.29 is 19.0 Å². The number of benzene rings is 2. The summed E-state index contributed by atoms with van der Waals surface area (Å²) < 4.78 is 25.7. The van der Waals surface area contributed by atoms with Crippen molar-refractivity contribution in [2.45, 2.75) is 69.7 Å². The fourth-order valence-electron chi connectivity index (χ4n) is 6.60. The van der Waals surface area contributed by atoms with Crippen molar-refractivity contribution in [2.75, 3.05) is 6.61 Å². The lowest BCUT2D eigenvalue weighted by Crippen LogP contribution is -2.64. The Kier molecular flexibility index (Phi) is 5.85. The normalized spacial score (nSPS) is 30.5. The second-order valence-electron chi connectivity index (χ2n) is 10.0. The number of hydrogen-bond acceptors (Lipinski definition) is 4. The van der Waals surface area contributed by atoms with Crippen LogP contribution in [0.25, 0.3) is 0 Å². The lowest BCUT2D eigenvalue weighted by Gasteiger charge is -2.60. The number of hydrogen-bond donors (Lipinski definition) is 2. The maximum absolute atomic E-state index is 14.0. The zero-order valence-electron chi connectivity index (χ0n) is 18.5. The van der Waals surface area contributed by atoms with Gasteiger partial charge in [-0.2, -0.15) is 0 Å². The minimum atomic E-state index is -0.490. The predicted octanol–water partition coefficient (Wildman–Crippen LogP) is 5.63. The van der Waals surface area contributed by atoms with E-state index in [1.54, 1.807) is 18.2 Å². The molecular formula is C26H31ClFNO3. The van der Waals surface area contributed by atoms with E-state index in [-0.39, 0.29) is 18.0 Å². The largest absolute Gasteiger partial charge is 0.490 e. The van der Waals surface area contributed by atoms with Crippen LogP contribution in [0, 0.1) is 17.7 Å². The third-order valence-electron chi connectivity index (χ3n) is 7.40. The molecule has 4 nitrogen and oxygen atoms in total. The molecule has 0 amide bonds. The summed E-state index contributed by atoms with van der Waals surface area (Å²) in [4.78, 5) is 0.